The van der Waals surface area contributed by atoms with Crippen LogP contribution >= 0.6 is 39.9 Å². The number of halogens is 2. The van der Waals surface area contributed by atoms with E-state index in [-0.39, 0.29) is 24.0 Å². The number of guanidine groups is 1. The molecule has 2 heterocycles. The molecule has 138 valence electrons. The molecule has 0 bridgehead atoms. The summed E-state index contributed by atoms with van der Waals surface area (Å²) < 4.78 is 3.05. The molecule has 26 heavy (non-hydrogen) atoms. The number of fused-ring (bicyclic) bond motifs is 1. The molecule has 3 aromatic rings. The molecule has 0 saturated heterocycles. The van der Waals surface area contributed by atoms with Gasteiger partial charge in [-0.2, -0.15) is 0 Å². The van der Waals surface area contributed by atoms with Crippen molar-refractivity contribution >= 4 is 51.5 Å². The van der Waals surface area contributed by atoms with Crippen LogP contribution in [0.2, 0.25) is 0 Å². The first-order chi connectivity index (χ1) is 12.2. The number of nitrogens with one attached hydrogen (secondary N) is 2. The Kier molecular flexibility index (Phi) is 7.83. The Morgan fingerprint density at radius 3 is 2.81 bits per heavy atom. The fourth-order valence-electron chi connectivity index (χ4n) is 2.52. The lowest BCUT2D eigenvalue weighted by molar-refractivity contribution is 0.765. The molecule has 2 N–H and O–H groups in total. The zero-order valence-corrected chi connectivity index (χ0v) is 18.7. The summed E-state index contributed by atoms with van der Waals surface area (Å²) in [6.45, 7) is 6.12. The number of aryl methyl sites for hydroxylation is 1. The zero-order valence-electron chi connectivity index (χ0n) is 14.7. The predicted octanol–water partition coefficient (Wildman–Crippen LogP) is 3.67. The Bertz CT molecular complexity index is 892. The molecule has 0 atom stereocenters. The SMILES string of the molecule is CCNC(=NCc1ccc(Br)cc1C)NCc1nnc2ccccn12.I. The van der Waals surface area contributed by atoms with Crippen molar-refractivity contribution in [3.05, 3.63) is 64.0 Å². The van der Waals surface area contributed by atoms with Crippen molar-refractivity contribution in [3.63, 3.8) is 0 Å². The van der Waals surface area contributed by atoms with Crippen LogP contribution in [0.1, 0.15) is 23.9 Å². The largest absolute Gasteiger partial charge is 0.357 e. The molecule has 0 amide bonds. The van der Waals surface area contributed by atoms with Crippen molar-refractivity contribution in [1.29, 1.82) is 0 Å². The van der Waals surface area contributed by atoms with Gasteiger partial charge in [-0.05, 0) is 49.2 Å². The molecular weight excluding hydrogens is 507 g/mol. The Hall–Kier alpha value is -1.68. The molecule has 0 aliphatic heterocycles. The molecule has 0 aliphatic carbocycles. The van der Waals surface area contributed by atoms with E-state index in [1.165, 1.54) is 11.1 Å². The van der Waals surface area contributed by atoms with Gasteiger partial charge in [0.1, 0.15) is 0 Å². The molecule has 0 saturated carbocycles. The third kappa shape index (κ3) is 5.16. The second-order valence-corrected chi connectivity index (χ2v) is 6.58. The third-order valence-electron chi connectivity index (χ3n) is 3.85. The lowest BCUT2D eigenvalue weighted by Crippen LogP contribution is -2.37. The van der Waals surface area contributed by atoms with Gasteiger partial charge in [-0.1, -0.05) is 28.1 Å². The van der Waals surface area contributed by atoms with Gasteiger partial charge in [-0.3, -0.25) is 4.40 Å². The highest BCUT2D eigenvalue weighted by molar-refractivity contribution is 14.0. The molecule has 0 spiro atoms. The van der Waals surface area contributed by atoms with Crippen molar-refractivity contribution in [3.8, 4) is 0 Å². The average molecular weight is 529 g/mol. The maximum atomic E-state index is 4.68. The molecular formula is C18H22BrIN6. The number of benzene rings is 1. The second kappa shape index (κ2) is 9.86. The van der Waals surface area contributed by atoms with E-state index >= 15 is 0 Å². The summed E-state index contributed by atoms with van der Waals surface area (Å²) in [6.07, 6.45) is 1.96. The Morgan fingerprint density at radius 2 is 2.04 bits per heavy atom. The molecule has 0 aliphatic rings. The summed E-state index contributed by atoms with van der Waals surface area (Å²) in [5.74, 6) is 1.61. The van der Waals surface area contributed by atoms with Crippen LogP contribution in [-0.2, 0) is 13.1 Å². The molecule has 8 heteroatoms. The lowest BCUT2D eigenvalue weighted by atomic mass is 10.1. The van der Waals surface area contributed by atoms with Gasteiger partial charge in [0.25, 0.3) is 0 Å². The van der Waals surface area contributed by atoms with Crippen LogP contribution in [0.25, 0.3) is 5.65 Å². The minimum absolute atomic E-state index is 0. The van der Waals surface area contributed by atoms with Crippen molar-refractivity contribution in [2.45, 2.75) is 26.9 Å². The summed E-state index contributed by atoms with van der Waals surface area (Å²) in [5.41, 5.74) is 3.26. The highest BCUT2D eigenvalue weighted by Crippen LogP contribution is 2.16. The number of nitrogens with zero attached hydrogens (tertiary/aromatic N) is 4. The first-order valence-corrected chi connectivity index (χ1v) is 9.02. The molecule has 1 aromatic carbocycles. The van der Waals surface area contributed by atoms with Gasteiger partial charge >= 0.3 is 0 Å². The summed E-state index contributed by atoms with van der Waals surface area (Å²) in [6, 6.07) is 12.1. The minimum Gasteiger partial charge on any atom is -0.357 e. The smallest absolute Gasteiger partial charge is 0.191 e. The monoisotopic (exact) mass is 528 g/mol. The number of hydrogen-bond donors (Lipinski definition) is 2. The maximum absolute atomic E-state index is 4.68. The Labute approximate surface area is 178 Å². The van der Waals surface area contributed by atoms with Gasteiger partial charge in [0.15, 0.2) is 17.4 Å². The van der Waals surface area contributed by atoms with Crippen LogP contribution in [0, 0.1) is 6.92 Å². The van der Waals surface area contributed by atoms with E-state index in [0.717, 1.165) is 28.4 Å². The standard InChI is InChI=1S/C18H21BrN6.HI/c1-3-20-18(21-11-14-7-8-15(19)10-13(14)2)22-12-17-24-23-16-6-4-5-9-25(16)17;/h4-10H,3,11-12H2,1-2H3,(H2,20,21,22);1H. The van der Waals surface area contributed by atoms with E-state index in [1.54, 1.807) is 0 Å². The summed E-state index contributed by atoms with van der Waals surface area (Å²) >= 11 is 3.49. The van der Waals surface area contributed by atoms with Crippen molar-refractivity contribution in [2.24, 2.45) is 4.99 Å². The van der Waals surface area contributed by atoms with Gasteiger partial charge in [-0.15, -0.1) is 34.2 Å². The zero-order chi connectivity index (χ0) is 17.6. The van der Waals surface area contributed by atoms with Crippen LogP contribution < -0.4 is 10.6 Å². The molecule has 0 fully saturated rings. The van der Waals surface area contributed by atoms with Crippen molar-refractivity contribution in [1.82, 2.24) is 25.2 Å². The second-order valence-electron chi connectivity index (χ2n) is 5.66. The highest BCUT2D eigenvalue weighted by Gasteiger charge is 2.06. The van der Waals surface area contributed by atoms with Crippen LogP contribution in [0.15, 0.2) is 52.1 Å². The number of aliphatic imine (C=N–C) groups is 1. The van der Waals surface area contributed by atoms with E-state index in [4.69, 9.17) is 0 Å². The number of aromatic nitrogens is 3. The summed E-state index contributed by atoms with van der Waals surface area (Å²) in [4.78, 5) is 4.68. The highest BCUT2D eigenvalue weighted by atomic mass is 127. The fourth-order valence-corrected chi connectivity index (χ4v) is 2.99. The average Bonchev–Trinajstić information content (AvgIpc) is 3.02. The van der Waals surface area contributed by atoms with Crippen LogP contribution in [0.3, 0.4) is 0 Å². The van der Waals surface area contributed by atoms with Crippen molar-refractivity contribution in [2.75, 3.05) is 6.54 Å². The van der Waals surface area contributed by atoms with Gasteiger partial charge in [0, 0.05) is 17.2 Å². The third-order valence-corrected chi connectivity index (χ3v) is 4.35. The molecule has 0 unspecified atom stereocenters. The Morgan fingerprint density at radius 1 is 1.19 bits per heavy atom. The minimum atomic E-state index is 0. The number of hydrogen-bond acceptors (Lipinski definition) is 3. The van der Waals surface area contributed by atoms with E-state index in [9.17, 15) is 0 Å². The summed E-state index contributed by atoms with van der Waals surface area (Å²) in [7, 11) is 0. The number of pyridine rings is 1. The van der Waals surface area contributed by atoms with Gasteiger partial charge in [0.05, 0.1) is 13.1 Å². The topological polar surface area (TPSA) is 66.6 Å². The van der Waals surface area contributed by atoms with Gasteiger partial charge in [0.2, 0.25) is 0 Å². The Balaban J connectivity index is 0.00000243. The fraction of sp³-hybridized carbons (Fsp3) is 0.278. The summed E-state index contributed by atoms with van der Waals surface area (Å²) in [5, 5.41) is 15.0. The normalized spacial score (nSPS) is 11.3. The lowest BCUT2D eigenvalue weighted by Gasteiger charge is -2.11. The van der Waals surface area contributed by atoms with E-state index in [0.29, 0.717) is 13.1 Å². The first-order valence-electron chi connectivity index (χ1n) is 8.23. The van der Waals surface area contributed by atoms with Crippen LogP contribution in [0.4, 0.5) is 0 Å². The molecule has 2 aromatic heterocycles. The van der Waals surface area contributed by atoms with E-state index in [2.05, 4.69) is 67.7 Å². The maximum Gasteiger partial charge on any atom is 0.191 e. The number of rotatable bonds is 5. The van der Waals surface area contributed by atoms with E-state index < -0.39 is 0 Å². The molecule has 0 radical (unpaired) electrons. The van der Waals surface area contributed by atoms with Crippen LogP contribution in [-0.4, -0.2) is 27.1 Å². The van der Waals surface area contributed by atoms with Gasteiger partial charge in [-0.25, -0.2) is 4.99 Å². The molecule has 3 rings (SSSR count). The first kappa shape index (κ1) is 20.6. The predicted molar refractivity (Wildman–Crippen MR) is 119 cm³/mol. The quantitative estimate of drug-likeness (QED) is 0.301. The van der Waals surface area contributed by atoms with E-state index in [1.807, 2.05) is 34.9 Å². The van der Waals surface area contributed by atoms with Gasteiger partial charge < -0.3 is 10.6 Å². The van der Waals surface area contributed by atoms with Crippen molar-refractivity contribution < 1.29 is 0 Å². The van der Waals surface area contributed by atoms with Crippen LogP contribution in [0.5, 0.6) is 0 Å². The molecule has 6 nitrogen and oxygen atoms in total.